The quantitative estimate of drug-likeness (QED) is 0.935. The molecule has 5 nitrogen and oxygen atoms in total. The van der Waals surface area contributed by atoms with E-state index in [2.05, 4.69) is 31.2 Å². The summed E-state index contributed by atoms with van der Waals surface area (Å²) in [6.07, 6.45) is 4.05. The van der Waals surface area contributed by atoms with Gasteiger partial charge in [-0.05, 0) is 39.2 Å². The van der Waals surface area contributed by atoms with Gasteiger partial charge in [0.15, 0.2) is 5.65 Å². The average molecular weight is 274 g/mol. The Labute approximate surface area is 119 Å². The summed E-state index contributed by atoms with van der Waals surface area (Å²) in [6, 6.07) is 0.484. The van der Waals surface area contributed by atoms with Crippen LogP contribution in [0, 0.1) is 13.8 Å². The molecule has 1 aliphatic heterocycles. The lowest BCUT2D eigenvalue weighted by atomic mass is 10.1. The molecular weight excluding hydrogens is 252 g/mol. The molecule has 108 valence electrons. The summed E-state index contributed by atoms with van der Waals surface area (Å²) in [7, 11) is 0. The number of hydrogen-bond acceptors (Lipinski definition) is 4. The number of nitrogens with one attached hydrogen (secondary N) is 1. The number of hydrogen-bond donors (Lipinski definition) is 1. The van der Waals surface area contributed by atoms with Crippen molar-refractivity contribution in [2.45, 2.75) is 46.2 Å². The second-order valence-electron chi connectivity index (χ2n) is 5.43. The van der Waals surface area contributed by atoms with Crippen molar-refractivity contribution in [3.8, 4) is 0 Å². The van der Waals surface area contributed by atoms with Crippen LogP contribution >= 0.6 is 0 Å². The van der Waals surface area contributed by atoms with Crippen molar-refractivity contribution in [1.82, 2.24) is 14.8 Å². The zero-order valence-electron chi connectivity index (χ0n) is 12.4. The molecule has 0 spiro atoms. The molecule has 0 amide bonds. The highest BCUT2D eigenvalue weighted by Gasteiger charge is 2.18. The highest BCUT2D eigenvalue weighted by molar-refractivity contribution is 5.91. The van der Waals surface area contributed by atoms with E-state index in [-0.39, 0.29) is 0 Å². The minimum atomic E-state index is 0.484. The number of pyridine rings is 1. The van der Waals surface area contributed by atoms with E-state index in [0.717, 1.165) is 49.3 Å². The third-order valence-electron chi connectivity index (χ3n) is 4.14. The summed E-state index contributed by atoms with van der Waals surface area (Å²) < 4.78 is 7.39. The molecule has 0 unspecified atom stereocenters. The molecule has 0 aromatic carbocycles. The Hall–Kier alpha value is -1.62. The Morgan fingerprint density at radius 2 is 2.10 bits per heavy atom. The molecule has 0 radical (unpaired) electrons. The highest BCUT2D eigenvalue weighted by atomic mass is 16.5. The number of anilines is 1. The maximum Gasteiger partial charge on any atom is 0.160 e. The van der Waals surface area contributed by atoms with Crippen LogP contribution in [0.5, 0.6) is 0 Å². The van der Waals surface area contributed by atoms with Crippen molar-refractivity contribution < 1.29 is 4.74 Å². The van der Waals surface area contributed by atoms with Crippen molar-refractivity contribution in [3.05, 3.63) is 17.5 Å². The van der Waals surface area contributed by atoms with Gasteiger partial charge in [0.2, 0.25) is 0 Å². The van der Waals surface area contributed by atoms with Gasteiger partial charge in [0.05, 0.1) is 17.3 Å². The fourth-order valence-corrected chi connectivity index (χ4v) is 2.76. The first-order valence-electron chi connectivity index (χ1n) is 7.37. The van der Waals surface area contributed by atoms with E-state index < -0.39 is 0 Å². The third-order valence-corrected chi connectivity index (χ3v) is 4.14. The highest BCUT2D eigenvalue weighted by Crippen LogP contribution is 2.29. The van der Waals surface area contributed by atoms with E-state index in [1.54, 1.807) is 0 Å². The summed E-state index contributed by atoms with van der Waals surface area (Å²) in [6.45, 7) is 8.82. The van der Waals surface area contributed by atoms with Crippen molar-refractivity contribution in [1.29, 1.82) is 0 Å². The number of rotatable bonds is 3. The van der Waals surface area contributed by atoms with Crippen LogP contribution < -0.4 is 5.32 Å². The van der Waals surface area contributed by atoms with Gasteiger partial charge >= 0.3 is 0 Å². The standard InChI is InChI=1S/C15H22N4O/c1-4-19-15-13(9-16-19)14(10(2)11(3)17-15)18-12-5-7-20-8-6-12/h9,12H,4-8H2,1-3H3,(H,17,18). The van der Waals surface area contributed by atoms with Crippen molar-refractivity contribution in [2.75, 3.05) is 18.5 Å². The zero-order valence-corrected chi connectivity index (χ0v) is 12.4. The summed E-state index contributed by atoms with van der Waals surface area (Å²) >= 11 is 0. The molecule has 1 fully saturated rings. The van der Waals surface area contributed by atoms with Crippen molar-refractivity contribution >= 4 is 16.7 Å². The molecule has 1 saturated heterocycles. The van der Waals surface area contributed by atoms with E-state index in [4.69, 9.17) is 9.72 Å². The van der Waals surface area contributed by atoms with Crippen LogP contribution in [0.1, 0.15) is 31.0 Å². The summed E-state index contributed by atoms with van der Waals surface area (Å²) in [4.78, 5) is 4.70. The second-order valence-corrected chi connectivity index (χ2v) is 5.43. The van der Waals surface area contributed by atoms with Gasteiger partial charge in [0.25, 0.3) is 0 Å². The zero-order chi connectivity index (χ0) is 14.1. The molecular formula is C15H22N4O. The van der Waals surface area contributed by atoms with Gasteiger partial charge in [-0.2, -0.15) is 5.10 Å². The first kappa shape index (κ1) is 13.4. The van der Waals surface area contributed by atoms with Crippen LogP contribution in [0.15, 0.2) is 6.20 Å². The molecule has 20 heavy (non-hydrogen) atoms. The predicted octanol–water partition coefficient (Wildman–Crippen LogP) is 2.66. The van der Waals surface area contributed by atoms with Crippen LogP contribution in [0.3, 0.4) is 0 Å². The van der Waals surface area contributed by atoms with E-state index in [1.807, 2.05) is 10.9 Å². The third kappa shape index (κ3) is 2.26. The molecule has 0 aliphatic carbocycles. The van der Waals surface area contributed by atoms with Gasteiger partial charge in [-0.3, -0.25) is 0 Å². The lowest BCUT2D eigenvalue weighted by Gasteiger charge is -2.25. The van der Waals surface area contributed by atoms with Crippen molar-refractivity contribution in [2.24, 2.45) is 0 Å². The lowest BCUT2D eigenvalue weighted by Crippen LogP contribution is -2.28. The predicted molar refractivity (Wildman–Crippen MR) is 80.1 cm³/mol. The SMILES string of the molecule is CCn1ncc2c(NC3CCOCC3)c(C)c(C)nc21. The van der Waals surface area contributed by atoms with Gasteiger partial charge in [-0.25, -0.2) is 9.67 Å². The van der Waals surface area contributed by atoms with E-state index in [0.29, 0.717) is 6.04 Å². The summed E-state index contributed by atoms with van der Waals surface area (Å²) in [5.74, 6) is 0. The first-order valence-corrected chi connectivity index (χ1v) is 7.37. The lowest BCUT2D eigenvalue weighted by molar-refractivity contribution is 0.0904. The molecule has 1 N–H and O–H groups in total. The smallest absolute Gasteiger partial charge is 0.160 e. The van der Waals surface area contributed by atoms with E-state index >= 15 is 0 Å². The number of aryl methyl sites for hydroxylation is 2. The Morgan fingerprint density at radius 1 is 1.35 bits per heavy atom. The fourth-order valence-electron chi connectivity index (χ4n) is 2.76. The maximum atomic E-state index is 5.43. The van der Waals surface area contributed by atoms with Crippen LogP contribution in [-0.4, -0.2) is 34.0 Å². The van der Waals surface area contributed by atoms with E-state index in [9.17, 15) is 0 Å². The summed E-state index contributed by atoms with van der Waals surface area (Å²) in [5.41, 5.74) is 4.46. The van der Waals surface area contributed by atoms with Gasteiger partial charge in [-0.1, -0.05) is 0 Å². The largest absolute Gasteiger partial charge is 0.381 e. The number of nitrogens with zero attached hydrogens (tertiary/aromatic N) is 3. The monoisotopic (exact) mass is 274 g/mol. The van der Waals surface area contributed by atoms with Gasteiger partial charge < -0.3 is 10.1 Å². The van der Waals surface area contributed by atoms with Gasteiger partial charge in [-0.15, -0.1) is 0 Å². The Balaban J connectivity index is 2.03. The van der Waals surface area contributed by atoms with Crippen molar-refractivity contribution in [3.63, 3.8) is 0 Å². The van der Waals surface area contributed by atoms with E-state index in [1.165, 1.54) is 11.3 Å². The molecule has 0 atom stereocenters. The number of aromatic nitrogens is 3. The molecule has 1 aliphatic rings. The summed E-state index contributed by atoms with van der Waals surface area (Å²) in [5, 5.41) is 9.26. The molecule has 2 aromatic rings. The second kappa shape index (κ2) is 5.40. The Morgan fingerprint density at radius 3 is 2.80 bits per heavy atom. The molecule has 2 aromatic heterocycles. The van der Waals surface area contributed by atoms with Crippen LogP contribution in [0.2, 0.25) is 0 Å². The first-order chi connectivity index (χ1) is 9.70. The minimum Gasteiger partial charge on any atom is -0.381 e. The fraction of sp³-hybridized carbons (Fsp3) is 0.600. The molecule has 3 heterocycles. The Bertz CT molecular complexity index is 614. The molecule has 0 bridgehead atoms. The normalized spacial score (nSPS) is 16.8. The maximum absolute atomic E-state index is 5.43. The van der Waals surface area contributed by atoms with Gasteiger partial charge in [0, 0.05) is 31.5 Å². The molecule has 0 saturated carbocycles. The average Bonchev–Trinajstić information content (AvgIpc) is 2.87. The Kier molecular flexibility index (Phi) is 3.61. The van der Waals surface area contributed by atoms with Crippen LogP contribution in [0.4, 0.5) is 5.69 Å². The van der Waals surface area contributed by atoms with Gasteiger partial charge in [0.1, 0.15) is 0 Å². The van der Waals surface area contributed by atoms with Crippen LogP contribution in [-0.2, 0) is 11.3 Å². The minimum absolute atomic E-state index is 0.484. The van der Waals surface area contributed by atoms with Crippen LogP contribution in [0.25, 0.3) is 11.0 Å². The number of fused-ring (bicyclic) bond motifs is 1. The topological polar surface area (TPSA) is 52.0 Å². The number of ether oxygens (including phenoxy) is 1. The molecule has 3 rings (SSSR count). The molecule has 5 heteroatoms.